The number of hydrogen-bond donors (Lipinski definition) is 2. The van der Waals surface area contributed by atoms with E-state index in [1.165, 1.54) is 0 Å². The largest absolute Gasteiger partial charge is 0.480 e. The van der Waals surface area contributed by atoms with Crippen molar-refractivity contribution >= 4 is 18.0 Å². The maximum atomic E-state index is 11.9. The molecule has 0 heterocycles. The number of esters is 1. The molecule has 0 aliphatic heterocycles. The minimum absolute atomic E-state index is 0.0333. The lowest BCUT2D eigenvalue weighted by molar-refractivity contribution is -0.139. The van der Waals surface area contributed by atoms with Gasteiger partial charge in [-0.15, -0.1) is 0 Å². The Balaban J connectivity index is 2.56. The van der Waals surface area contributed by atoms with E-state index in [0.29, 0.717) is 17.5 Å². The van der Waals surface area contributed by atoms with Gasteiger partial charge in [0.25, 0.3) is 0 Å². The van der Waals surface area contributed by atoms with E-state index in [0.717, 1.165) is 0 Å². The average molecular weight is 365 g/mol. The third kappa shape index (κ3) is 8.00. The Labute approximate surface area is 153 Å². The maximum Gasteiger partial charge on any atom is 0.408 e. The minimum atomic E-state index is -1.10. The van der Waals surface area contributed by atoms with E-state index in [-0.39, 0.29) is 12.5 Å². The standard InChI is InChI=1S/C19H27NO6/c1-12(2)10-15(16(21)22)20-18(24)25-11-13-6-8-14(9-7-13)17(23)26-19(3,4)5/h6-9,12,15H,10-11H2,1-5H3,(H,20,24)(H,21,22)/t15-/m0/s1. The number of nitrogens with one attached hydrogen (secondary N) is 1. The molecule has 0 fully saturated rings. The zero-order chi connectivity index (χ0) is 19.9. The molecule has 1 amide bonds. The molecule has 1 aromatic rings. The first kappa shape index (κ1) is 21.5. The summed E-state index contributed by atoms with van der Waals surface area (Å²) in [5.74, 6) is -1.41. The van der Waals surface area contributed by atoms with E-state index in [9.17, 15) is 14.4 Å². The first-order chi connectivity index (χ1) is 12.0. The average Bonchev–Trinajstić information content (AvgIpc) is 2.50. The third-order valence-corrected chi connectivity index (χ3v) is 3.26. The van der Waals surface area contributed by atoms with E-state index in [1.54, 1.807) is 45.0 Å². The molecule has 0 aliphatic rings. The topological polar surface area (TPSA) is 102 Å². The molecular weight excluding hydrogens is 338 g/mol. The summed E-state index contributed by atoms with van der Waals surface area (Å²) in [5, 5.41) is 11.4. The quantitative estimate of drug-likeness (QED) is 0.718. The molecule has 144 valence electrons. The number of hydrogen-bond acceptors (Lipinski definition) is 5. The van der Waals surface area contributed by atoms with Gasteiger partial charge in [0.2, 0.25) is 0 Å². The van der Waals surface area contributed by atoms with Crippen molar-refractivity contribution in [2.45, 2.75) is 59.3 Å². The van der Waals surface area contributed by atoms with E-state index in [4.69, 9.17) is 14.6 Å². The number of alkyl carbamates (subject to hydrolysis) is 1. The van der Waals surface area contributed by atoms with Crippen LogP contribution in [-0.2, 0) is 20.9 Å². The fraction of sp³-hybridized carbons (Fsp3) is 0.526. The molecule has 1 rings (SSSR count). The van der Waals surface area contributed by atoms with Crippen molar-refractivity contribution in [3.8, 4) is 0 Å². The highest BCUT2D eigenvalue weighted by molar-refractivity contribution is 5.89. The monoisotopic (exact) mass is 365 g/mol. The highest BCUT2D eigenvalue weighted by atomic mass is 16.6. The summed E-state index contributed by atoms with van der Waals surface area (Å²) in [6.45, 7) is 9.07. The van der Waals surface area contributed by atoms with Gasteiger partial charge in [0.1, 0.15) is 18.2 Å². The summed E-state index contributed by atoms with van der Waals surface area (Å²) in [4.78, 5) is 34.8. The molecule has 0 spiro atoms. The van der Waals surface area contributed by atoms with Crippen LogP contribution >= 0.6 is 0 Å². The van der Waals surface area contributed by atoms with Crippen molar-refractivity contribution in [3.05, 3.63) is 35.4 Å². The lowest BCUT2D eigenvalue weighted by atomic mass is 10.0. The first-order valence-electron chi connectivity index (χ1n) is 8.46. The van der Waals surface area contributed by atoms with Crippen LogP contribution in [0.15, 0.2) is 24.3 Å². The van der Waals surface area contributed by atoms with Gasteiger partial charge in [0.15, 0.2) is 0 Å². The second kappa shape index (κ2) is 9.22. The Hall–Kier alpha value is -2.57. The molecule has 0 radical (unpaired) electrons. The molecule has 0 aromatic heterocycles. The predicted octanol–water partition coefficient (Wildman–Crippen LogP) is 3.37. The lowest BCUT2D eigenvalue weighted by Crippen LogP contribution is -2.41. The smallest absolute Gasteiger partial charge is 0.408 e. The number of carboxylic acids is 1. The van der Waals surface area contributed by atoms with E-state index in [1.807, 2.05) is 13.8 Å². The van der Waals surface area contributed by atoms with Gasteiger partial charge < -0.3 is 19.9 Å². The molecule has 7 heteroatoms. The number of aliphatic carboxylic acids is 1. The number of ether oxygens (including phenoxy) is 2. The molecule has 0 unspecified atom stereocenters. The van der Waals surface area contributed by atoms with E-state index < -0.39 is 29.7 Å². The fourth-order valence-electron chi connectivity index (χ4n) is 2.10. The maximum absolute atomic E-state index is 11.9. The van der Waals surface area contributed by atoms with Crippen molar-refractivity contribution in [2.75, 3.05) is 0 Å². The zero-order valence-electron chi connectivity index (χ0n) is 15.9. The molecule has 1 aromatic carbocycles. The summed E-state index contributed by atoms with van der Waals surface area (Å²) in [7, 11) is 0. The Morgan fingerprint density at radius 2 is 1.69 bits per heavy atom. The van der Waals surface area contributed by atoms with Crippen LogP contribution in [0.25, 0.3) is 0 Å². The molecule has 0 saturated heterocycles. The van der Waals surface area contributed by atoms with Crippen molar-refractivity contribution < 1.29 is 29.0 Å². The molecule has 7 nitrogen and oxygen atoms in total. The van der Waals surface area contributed by atoms with Gasteiger partial charge in [-0.05, 0) is 50.8 Å². The van der Waals surface area contributed by atoms with Crippen molar-refractivity contribution in [2.24, 2.45) is 5.92 Å². The van der Waals surface area contributed by atoms with Crippen molar-refractivity contribution in [1.82, 2.24) is 5.32 Å². The number of carbonyl (C=O) groups is 3. The zero-order valence-corrected chi connectivity index (χ0v) is 15.9. The van der Waals surface area contributed by atoms with Gasteiger partial charge in [-0.25, -0.2) is 14.4 Å². The van der Waals surface area contributed by atoms with Crippen molar-refractivity contribution in [3.63, 3.8) is 0 Å². The van der Waals surface area contributed by atoms with E-state index >= 15 is 0 Å². The van der Waals surface area contributed by atoms with Crippen LogP contribution in [0, 0.1) is 5.92 Å². The van der Waals surface area contributed by atoms with Crippen LogP contribution in [0.1, 0.15) is 57.0 Å². The summed E-state index contributed by atoms with van der Waals surface area (Å²) < 4.78 is 10.3. The third-order valence-electron chi connectivity index (χ3n) is 3.26. The van der Waals surface area contributed by atoms with Gasteiger partial charge >= 0.3 is 18.0 Å². The minimum Gasteiger partial charge on any atom is -0.480 e. The Morgan fingerprint density at radius 1 is 1.12 bits per heavy atom. The van der Waals surface area contributed by atoms with Crippen LogP contribution < -0.4 is 5.32 Å². The van der Waals surface area contributed by atoms with Gasteiger partial charge in [-0.1, -0.05) is 26.0 Å². The molecule has 0 bridgehead atoms. The lowest BCUT2D eigenvalue weighted by Gasteiger charge is -2.19. The number of rotatable bonds is 7. The molecule has 26 heavy (non-hydrogen) atoms. The van der Waals surface area contributed by atoms with Crippen LogP contribution in [0.5, 0.6) is 0 Å². The first-order valence-corrected chi connectivity index (χ1v) is 8.46. The van der Waals surface area contributed by atoms with Gasteiger partial charge in [0, 0.05) is 0 Å². The second-order valence-corrected chi connectivity index (χ2v) is 7.44. The molecule has 0 saturated carbocycles. The van der Waals surface area contributed by atoms with Crippen LogP contribution in [0.4, 0.5) is 4.79 Å². The Kier molecular flexibility index (Phi) is 7.61. The van der Waals surface area contributed by atoms with Crippen molar-refractivity contribution in [1.29, 1.82) is 0 Å². The predicted molar refractivity (Wildman–Crippen MR) is 95.8 cm³/mol. The summed E-state index contributed by atoms with van der Waals surface area (Å²) in [6.07, 6.45) is -0.482. The molecule has 2 N–H and O–H groups in total. The summed E-state index contributed by atoms with van der Waals surface area (Å²) >= 11 is 0. The fourth-order valence-corrected chi connectivity index (χ4v) is 2.10. The number of carboxylic acid groups (broad SMARTS) is 1. The highest BCUT2D eigenvalue weighted by Gasteiger charge is 2.22. The normalized spacial score (nSPS) is 12.4. The van der Waals surface area contributed by atoms with E-state index in [2.05, 4.69) is 5.32 Å². The number of benzene rings is 1. The van der Waals surface area contributed by atoms with Gasteiger partial charge in [0.05, 0.1) is 5.56 Å². The SMILES string of the molecule is CC(C)C[C@H](NC(=O)OCc1ccc(C(=O)OC(C)(C)C)cc1)C(=O)O. The van der Waals surface area contributed by atoms with Gasteiger partial charge in [-0.2, -0.15) is 0 Å². The van der Waals surface area contributed by atoms with Crippen LogP contribution in [0.2, 0.25) is 0 Å². The number of carbonyl (C=O) groups excluding carboxylic acids is 2. The molecule has 1 atom stereocenters. The van der Waals surface area contributed by atoms with Gasteiger partial charge in [-0.3, -0.25) is 0 Å². The Bertz CT molecular complexity index is 630. The second-order valence-electron chi connectivity index (χ2n) is 7.44. The molecular formula is C19H27NO6. The summed E-state index contributed by atoms with van der Waals surface area (Å²) in [6, 6.07) is 5.48. The highest BCUT2D eigenvalue weighted by Crippen LogP contribution is 2.13. The van der Waals surface area contributed by atoms with Crippen LogP contribution in [0.3, 0.4) is 0 Å². The number of amides is 1. The van der Waals surface area contributed by atoms with Crippen LogP contribution in [-0.4, -0.2) is 34.8 Å². The Morgan fingerprint density at radius 3 is 2.15 bits per heavy atom. The molecule has 0 aliphatic carbocycles. The summed E-state index contributed by atoms with van der Waals surface area (Å²) in [5.41, 5.74) is 0.493.